The number of ether oxygens (including phenoxy) is 1. The predicted molar refractivity (Wildman–Crippen MR) is 64.8 cm³/mol. The minimum Gasteiger partial charge on any atom is -0.496 e. The minimum atomic E-state index is -0.904. The first-order valence-electron chi connectivity index (χ1n) is 5.32. The SMILES string of the molecule is COc1cc2cc(C)[nH]c2cc1C(C)(C)O. The molecule has 2 N–H and O–H groups in total. The van der Waals surface area contributed by atoms with E-state index in [0.29, 0.717) is 0 Å². The van der Waals surface area contributed by atoms with Crippen molar-refractivity contribution in [3.8, 4) is 5.75 Å². The van der Waals surface area contributed by atoms with Crippen LogP contribution in [0.3, 0.4) is 0 Å². The van der Waals surface area contributed by atoms with E-state index >= 15 is 0 Å². The lowest BCUT2D eigenvalue weighted by Gasteiger charge is -2.20. The highest BCUT2D eigenvalue weighted by atomic mass is 16.5. The molecule has 1 heterocycles. The first kappa shape index (κ1) is 11.0. The molecular weight excluding hydrogens is 202 g/mol. The lowest BCUT2D eigenvalue weighted by molar-refractivity contribution is 0.0758. The van der Waals surface area contributed by atoms with Crippen LogP contribution >= 0.6 is 0 Å². The lowest BCUT2D eigenvalue weighted by Crippen LogP contribution is -2.16. The second kappa shape index (κ2) is 3.52. The van der Waals surface area contributed by atoms with Crippen LogP contribution in [0.1, 0.15) is 25.1 Å². The highest BCUT2D eigenvalue weighted by molar-refractivity contribution is 5.83. The quantitative estimate of drug-likeness (QED) is 0.815. The maximum absolute atomic E-state index is 10.1. The molecule has 0 saturated heterocycles. The molecule has 0 aliphatic carbocycles. The van der Waals surface area contributed by atoms with E-state index in [0.717, 1.165) is 27.9 Å². The van der Waals surface area contributed by atoms with E-state index < -0.39 is 5.60 Å². The van der Waals surface area contributed by atoms with Crippen LogP contribution in [0.5, 0.6) is 5.75 Å². The highest BCUT2D eigenvalue weighted by Gasteiger charge is 2.21. The molecule has 3 heteroatoms. The Hall–Kier alpha value is -1.48. The molecule has 0 fully saturated rings. The third-order valence-electron chi connectivity index (χ3n) is 2.73. The Morgan fingerprint density at radius 2 is 1.94 bits per heavy atom. The Labute approximate surface area is 95.1 Å². The Kier molecular flexibility index (Phi) is 2.43. The third-order valence-corrected chi connectivity index (χ3v) is 2.73. The molecule has 0 spiro atoms. The van der Waals surface area contributed by atoms with Crippen LogP contribution in [0.4, 0.5) is 0 Å². The lowest BCUT2D eigenvalue weighted by atomic mass is 9.96. The van der Waals surface area contributed by atoms with E-state index in [1.54, 1.807) is 21.0 Å². The number of aromatic nitrogens is 1. The van der Waals surface area contributed by atoms with Crippen molar-refractivity contribution >= 4 is 10.9 Å². The molecule has 3 nitrogen and oxygen atoms in total. The maximum Gasteiger partial charge on any atom is 0.125 e. The summed E-state index contributed by atoms with van der Waals surface area (Å²) in [5, 5.41) is 11.2. The summed E-state index contributed by atoms with van der Waals surface area (Å²) in [4.78, 5) is 3.26. The Morgan fingerprint density at radius 3 is 2.50 bits per heavy atom. The average molecular weight is 219 g/mol. The molecule has 1 aromatic carbocycles. The summed E-state index contributed by atoms with van der Waals surface area (Å²) in [6, 6.07) is 5.96. The summed E-state index contributed by atoms with van der Waals surface area (Å²) in [5.41, 5.74) is 2.02. The summed E-state index contributed by atoms with van der Waals surface area (Å²) in [7, 11) is 1.62. The average Bonchev–Trinajstić information content (AvgIpc) is 2.53. The van der Waals surface area contributed by atoms with E-state index in [1.807, 2.05) is 19.1 Å². The topological polar surface area (TPSA) is 45.2 Å². The first-order valence-corrected chi connectivity index (χ1v) is 5.32. The summed E-state index contributed by atoms with van der Waals surface area (Å²) < 4.78 is 5.32. The van der Waals surface area contributed by atoms with Crippen molar-refractivity contribution in [1.82, 2.24) is 4.98 Å². The van der Waals surface area contributed by atoms with E-state index in [-0.39, 0.29) is 0 Å². The fourth-order valence-electron chi connectivity index (χ4n) is 1.95. The molecule has 0 saturated carbocycles. The van der Waals surface area contributed by atoms with Gasteiger partial charge in [-0.25, -0.2) is 0 Å². The minimum absolute atomic E-state index is 0.721. The van der Waals surface area contributed by atoms with Crippen LogP contribution in [0.2, 0.25) is 0 Å². The van der Waals surface area contributed by atoms with Crippen LogP contribution in [0.15, 0.2) is 18.2 Å². The molecule has 16 heavy (non-hydrogen) atoms. The van der Waals surface area contributed by atoms with Crippen molar-refractivity contribution in [3.05, 3.63) is 29.5 Å². The summed E-state index contributed by atoms with van der Waals surface area (Å²) in [5.74, 6) is 0.721. The van der Waals surface area contributed by atoms with Crippen molar-refractivity contribution in [3.63, 3.8) is 0 Å². The largest absolute Gasteiger partial charge is 0.496 e. The second-order valence-corrected chi connectivity index (χ2v) is 4.65. The number of hydrogen-bond donors (Lipinski definition) is 2. The van der Waals surface area contributed by atoms with Crippen LogP contribution < -0.4 is 4.74 Å². The summed E-state index contributed by atoms with van der Waals surface area (Å²) >= 11 is 0. The van der Waals surface area contributed by atoms with Gasteiger partial charge in [-0.05, 0) is 39.0 Å². The molecular formula is C13H17NO2. The molecule has 0 aliphatic heterocycles. The zero-order chi connectivity index (χ0) is 11.9. The number of aryl methyl sites for hydroxylation is 1. The number of rotatable bonds is 2. The molecule has 2 aromatic rings. The van der Waals surface area contributed by atoms with Crippen LogP contribution in [-0.4, -0.2) is 17.2 Å². The van der Waals surface area contributed by atoms with Gasteiger partial charge in [0.2, 0.25) is 0 Å². The van der Waals surface area contributed by atoms with Crippen molar-refractivity contribution in [2.24, 2.45) is 0 Å². The van der Waals surface area contributed by atoms with Crippen molar-refractivity contribution < 1.29 is 9.84 Å². The van der Waals surface area contributed by atoms with Gasteiger partial charge in [0, 0.05) is 22.2 Å². The van der Waals surface area contributed by atoms with Gasteiger partial charge in [0.25, 0.3) is 0 Å². The van der Waals surface area contributed by atoms with Crippen molar-refractivity contribution in [2.75, 3.05) is 7.11 Å². The normalized spacial score (nSPS) is 12.1. The standard InChI is InChI=1S/C13H17NO2/c1-8-5-9-6-12(16-4)10(13(2,3)15)7-11(9)14-8/h5-7,14-15H,1-4H3. The number of methoxy groups -OCH3 is 1. The van der Waals surface area contributed by atoms with E-state index in [2.05, 4.69) is 11.1 Å². The molecule has 0 amide bonds. The second-order valence-electron chi connectivity index (χ2n) is 4.65. The molecule has 2 rings (SSSR count). The van der Waals surface area contributed by atoms with Gasteiger partial charge in [-0.3, -0.25) is 0 Å². The third kappa shape index (κ3) is 1.78. The van der Waals surface area contributed by atoms with Gasteiger partial charge < -0.3 is 14.8 Å². The zero-order valence-electron chi connectivity index (χ0n) is 10.1. The van der Waals surface area contributed by atoms with Crippen molar-refractivity contribution in [2.45, 2.75) is 26.4 Å². The smallest absolute Gasteiger partial charge is 0.125 e. The molecule has 0 aliphatic rings. The molecule has 0 atom stereocenters. The van der Waals surface area contributed by atoms with E-state index in [4.69, 9.17) is 4.74 Å². The fraction of sp³-hybridized carbons (Fsp3) is 0.385. The molecule has 1 aromatic heterocycles. The molecule has 0 unspecified atom stereocenters. The molecule has 86 valence electrons. The number of aromatic amines is 1. The van der Waals surface area contributed by atoms with Crippen LogP contribution in [0, 0.1) is 6.92 Å². The zero-order valence-corrected chi connectivity index (χ0v) is 10.1. The predicted octanol–water partition coefficient (Wildman–Crippen LogP) is 2.71. The maximum atomic E-state index is 10.1. The van der Waals surface area contributed by atoms with Gasteiger partial charge in [-0.1, -0.05) is 0 Å². The number of aliphatic hydroxyl groups is 1. The van der Waals surface area contributed by atoms with Gasteiger partial charge in [0.1, 0.15) is 5.75 Å². The number of nitrogens with one attached hydrogen (secondary N) is 1. The molecule has 0 radical (unpaired) electrons. The number of fused-ring (bicyclic) bond motifs is 1. The monoisotopic (exact) mass is 219 g/mol. The van der Waals surface area contributed by atoms with Gasteiger partial charge in [-0.15, -0.1) is 0 Å². The highest BCUT2D eigenvalue weighted by Crippen LogP contribution is 2.33. The van der Waals surface area contributed by atoms with Gasteiger partial charge in [0.05, 0.1) is 12.7 Å². The number of benzene rings is 1. The van der Waals surface area contributed by atoms with Gasteiger partial charge >= 0.3 is 0 Å². The van der Waals surface area contributed by atoms with Gasteiger partial charge in [-0.2, -0.15) is 0 Å². The summed E-state index contributed by atoms with van der Waals surface area (Å²) in [6.45, 7) is 5.52. The van der Waals surface area contributed by atoms with Crippen LogP contribution in [-0.2, 0) is 5.60 Å². The summed E-state index contributed by atoms with van der Waals surface area (Å²) in [6.07, 6.45) is 0. The Morgan fingerprint density at radius 1 is 1.25 bits per heavy atom. The molecule has 0 bridgehead atoms. The van der Waals surface area contributed by atoms with E-state index in [9.17, 15) is 5.11 Å². The van der Waals surface area contributed by atoms with Crippen molar-refractivity contribution in [1.29, 1.82) is 0 Å². The number of H-pyrrole nitrogens is 1. The van der Waals surface area contributed by atoms with Gasteiger partial charge in [0.15, 0.2) is 0 Å². The number of hydrogen-bond acceptors (Lipinski definition) is 2. The Balaban J connectivity index is 2.72. The Bertz CT molecular complexity index is 520. The van der Waals surface area contributed by atoms with E-state index in [1.165, 1.54) is 0 Å². The first-order chi connectivity index (χ1) is 7.41. The fourth-order valence-corrected chi connectivity index (χ4v) is 1.95. The van der Waals surface area contributed by atoms with Crippen LogP contribution in [0.25, 0.3) is 10.9 Å².